The molecule has 0 aliphatic heterocycles. The number of furan rings is 1. The maximum Gasteiger partial charge on any atom is 0.337 e. The van der Waals surface area contributed by atoms with Crippen molar-refractivity contribution in [2.75, 3.05) is 12.4 Å². The summed E-state index contributed by atoms with van der Waals surface area (Å²) in [6.45, 7) is 1.83. The zero-order chi connectivity index (χ0) is 14.7. The van der Waals surface area contributed by atoms with E-state index in [1.165, 1.54) is 7.11 Å². The normalized spacial score (nSPS) is 10.2. The van der Waals surface area contributed by atoms with Crippen molar-refractivity contribution in [2.24, 2.45) is 0 Å². The minimum Gasteiger partial charge on any atom is -0.465 e. The van der Waals surface area contributed by atoms with Crippen molar-refractivity contribution in [1.82, 2.24) is 0 Å². The van der Waals surface area contributed by atoms with E-state index in [1.807, 2.05) is 6.92 Å². The lowest BCUT2D eigenvalue weighted by molar-refractivity contribution is 0.0600. The fourth-order valence-electron chi connectivity index (χ4n) is 1.62. The second kappa shape index (κ2) is 5.92. The minimum absolute atomic E-state index is 0.180. The summed E-state index contributed by atoms with van der Waals surface area (Å²) in [4.78, 5) is 23.5. The molecule has 0 aliphatic rings. The van der Waals surface area contributed by atoms with E-state index in [0.29, 0.717) is 15.9 Å². The van der Waals surface area contributed by atoms with Crippen molar-refractivity contribution in [3.8, 4) is 0 Å². The van der Waals surface area contributed by atoms with Crippen LogP contribution in [0.15, 0.2) is 39.4 Å². The molecule has 20 heavy (non-hydrogen) atoms. The monoisotopic (exact) mass is 337 g/mol. The molecule has 6 heteroatoms. The van der Waals surface area contributed by atoms with Gasteiger partial charge in [0.15, 0.2) is 10.4 Å². The lowest BCUT2D eigenvalue weighted by Gasteiger charge is -2.08. The maximum absolute atomic E-state index is 12.0. The number of benzene rings is 1. The van der Waals surface area contributed by atoms with Crippen LogP contribution in [0.4, 0.5) is 5.69 Å². The van der Waals surface area contributed by atoms with Gasteiger partial charge in [-0.2, -0.15) is 0 Å². The van der Waals surface area contributed by atoms with Gasteiger partial charge in [0, 0.05) is 5.69 Å². The molecule has 2 rings (SSSR count). The van der Waals surface area contributed by atoms with Gasteiger partial charge in [0.2, 0.25) is 0 Å². The van der Waals surface area contributed by atoms with E-state index in [-0.39, 0.29) is 11.7 Å². The Balaban J connectivity index is 2.24. The lowest BCUT2D eigenvalue weighted by Crippen LogP contribution is -2.13. The van der Waals surface area contributed by atoms with E-state index >= 15 is 0 Å². The molecule has 0 saturated carbocycles. The molecule has 1 aromatic carbocycles. The molecule has 0 fully saturated rings. The van der Waals surface area contributed by atoms with Crippen molar-refractivity contribution in [1.29, 1.82) is 0 Å². The highest BCUT2D eigenvalue weighted by Gasteiger charge is 2.14. The molecule has 0 radical (unpaired) electrons. The van der Waals surface area contributed by atoms with Crippen LogP contribution >= 0.6 is 15.9 Å². The molecule has 0 atom stereocenters. The van der Waals surface area contributed by atoms with Crippen molar-refractivity contribution in [3.63, 3.8) is 0 Å². The number of hydrogen-bond donors (Lipinski definition) is 1. The van der Waals surface area contributed by atoms with Gasteiger partial charge in [-0.1, -0.05) is 6.07 Å². The summed E-state index contributed by atoms with van der Waals surface area (Å²) < 4.78 is 10.3. The van der Waals surface area contributed by atoms with E-state index in [0.717, 1.165) is 5.56 Å². The van der Waals surface area contributed by atoms with Gasteiger partial charge in [-0.15, -0.1) is 0 Å². The van der Waals surface area contributed by atoms with E-state index in [4.69, 9.17) is 4.42 Å². The van der Waals surface area contributed by atoms with E-state index in [9.17, 15) is 9.59 Å². The Morgan fingerprint density at radius 2 is 2.00 bits per heavy atom. The number of rotatable bonds is 3. The SMILES string of the molecule is COC(=O)c1ccc(C)c(NC(=O)c2ccc(Br)o2)c1. The third-order valence-electron chi connectivity index (χ3n) is 2.70. The molecule has 0 saturated heterocycles. The number of ether oxygens (including phenoxy) is 1. The first-order valence-electron chi connectivity index (χ1n) is 5.77. The zero-order valence-corrected chi connectivity index (χ0v) is 12.5. The van der Waals surface area contributed by atoms with Crippen LogP contribution in [-0.2, 0) is 4.74 Å². The number of hydrogen-bond acceptors (Lipinski definition) is 4. The number of aryl methyl sites for hydroxylation is 1. The topological polar surface area (TPSA) is 68.5 Å². The average molecular weight is 338 g/mol. The van der Waals surface area contributed by atoms with Gasteiger partial charge >= 0.3 is 5.97 Å². The van der Waals surface area contributed by atoms with Crippen LogP contribution in [0, 0.1) is 6.92 Å². The predicted molar refractivity (Wildman–Crippen MR) is 76.9 cm³/mol. The summed E-state index contributed by atoms with van der Waals surface area (Å²) in [5.41, 5.74) is 1.73. The molecule has 1 heterocycles. The van der Waals surface area contributed by atoms with Crippen molar-refractivity contribution < 1.29 is 18.7 Å². The van der Waals surface area contributed by atoms with Gasteiger partial charge in [-0.3, -0.25) is 4.79 Å². The summed E-state index contributed by atoms with van der Waals surface area (Å²) in [5, 5.41) is 2.70. The number of anilines is 1. The first-order chi connectivity index (χ1) is 9.51. The summed E-state index contributed by atoms with van der Waals surface area (Å²) in [6.07, 6.45) is 0. The highest BCUT2D eigenvalue weighted by molar-refractivity contribution is 9.10. The smallest absolute Gasteiger partial charge is 0.337 e. The van der Waals surface area contributed by atoms with E-state index < -0.39 is 5.97 Å². The number of amides is 1. The summed E-state index contributed by atoms with van der Waals surface area (Å²) in [6, 6.07) is 8.13. The van der Waals surface area contributed by atoms with E-state index in [2.05, 4.69) is 26.0 Å². The van der Waals surface area contributed by atoms with Gasteiger partial charge in [0.05, 0.1) is 12.7 Å². The average Bonchev–Trinajstić information content (AvgIpc) is 2.87. The molecular formula is C14H12BrNO4. The van der Waals surface area contributed by atoms with Crippen LogP contribution in [-0.4, -0.2) is 19.0 Å². The maximum atomic E-state index is 12.0. The first kappa shape index (κ1) is 14.3. The Hall–Kier alpha value is -2.08. The minimum atomic E-state index is -0.457. The van der Waals surface area contributed by atoms with Crippen molar-refractivity contribution >= 4 is 33.5 Å². The van der Waals surface area contributed by atoms with Crippen LogP contribution in [0.3, 0.4) is 0 Å². The summed E-state index contributed by atoms with van der Waals surface area (Å²) in [7, 11) is 1.31. The Morgan fingerprint density at radius 1 is 1.25 bits per heavy atom. The van der Waals surface area contributed by atoms with Gasteiger partial charge < -0.3 is 14.5 Å². The Morgan fingerprint density at radius 3 is 2.60 bits per heavy atom. The Bertz CT molecular complexity index is 663. The van der Waals surface area contributed by atoms with Gasteiger partial charge in [-0.05, 0) is 52.7 Å². The molecule has 1 aromatic heterocycles. The quantitative estimate of drug-likeness (QED) is 0.871. The van der Waals surface area contributed by atoms with Gasteiger partial charge in [-0.25, -0.2) is 4.79 Å². The largest absolute Gasteiger partial charge is 0.465 e. The number of carbonyl (C=O) groups is 2. The molecule has 0 spiro atoms. The molecule has 0 aliphatic carbocycles. The number of nitrogens with one attached hydrogen (secondary N) is 1. The van der Waals surface area contributed by atoms with Gasteiger partial charge in [0.25, 0.3) is 5.91 Å². The third-order valence-corrected chi connectivity index (χ3v) is 3.13. The van der Waals surface area contributed by atoms with Crippen LogP contribution in [0.2, 0.25) is 0 Å². The highest BCUT2D eigenvalue weighted by atomic mass is 79.9. The number of methoxy groups -OCH3 is 1. The third kappa shape index (κ3) is 3.08. The standard InChI is InChI=1S/C14H12BrNO4/c1-8-3-4-9(14(18)19-2)7-10(8)16-13(17)11-5-6-12(15)20-11/h3-7H,1-2H3,(H,16,17). The number of halogens is 1. The zero-order valence-electron chi connectivity index (χ0n) is 10.9. The van der Waals surface area contributed by atoms with Crippen LogP contribution < -0.4 is 5.32 Å². The fourth-order valence-corrected chi connectivity index (χ4v) is 1.93. The van der Waals surface area contributed by atoms with Crippen LogP contribution in [0.25, 0.3) is 0 Å². The second-order valence-electron chi connectivity index (χ2n) is 4.08. The highest BCUT2D eigenvalue weighted by Crippen LogP contribution is 2.20. The lowest BCUT2D eigenvalue weighted by atomic mass is 10.1. The number of carbonyl (C=O) groups excluding carboxylic acids is 2. The molecule has 2 aromatic rings. The Labute approximate surface area is 124 Å². The summed E-state index contributed by atoms with van der Waals surface area (Å²) in [5.74, 6) is -0.665. The molecule has 0 unspecified atom stereocenters. The first-order valence-corrected chi connectivity index (χ1v) is 6.56. The number of esters is 1. The molecule has 0 bridgehead atoms. The Kier molecular flexibility index (Phi) is 4.24. The van der Waals surface area contributed by atoms with Crippen LogP contribution in [0.5, 0.6) is 0 Å². The molecule has 104 valence electrons. The summed E-state index contributed by atoms with van der Waals surface area (Å²) >= 11 is 3.13. The fraction of sp³-hybridized carbons (Fsp3) is 0.143. The van der Waals surface area contributed by atoms with E-state index in [1.54, 1.807) is 30.3 Å². The van der Waals surface area contributed by atoms with Crippen molar-refractivity contribution in [2.45, 2.75) is 6.92 Å². The van der Waals surface area contributed by atoms with Crippen molar-refractivity contribution in [3.05, 3.63) is 51.9 Å². The predicted octanol–water partition coefficient (Wildman–Crippen LogP) is 3.39. The second-order valence-corrected chi connectivity index (χ2v) is 4.86. The molecule has 1 N–H and O–H groups in total. The molecule has 5 nitrogen and oxygen atoms in total. The van der Waals surface area contributed by atoms with Crippen LogP contribution in [0.1, 0.15) is 26.5 Å². The molecular weight excluding hydrogens is 326 g/mol. The molecule has 1 amide bonds. The van der Waals surface area contributed by atoms with Gasteiger partial charge in [0.1, 0.15) is 0 Å².